The van der Waals surface area contributed by atoms with Crippen LogP contribution in [-0.2, 0) is 19.0 Å². The molecule has 0 saturated carbocycles. The predicted octanol–water partition coefficient (Wildman–Crippen LogP) is 1.06. The van der Waals surface area contributed by atoms with Gasteiger partial charge >= 0.3 is 5.97 Å². The van der Waals surface area contributed by atoms with Crippen molar-refractivity contribution in [2.24, 2.45) is 0 Å². The Labute approximate surface area is 82.6 Å². The average molecular weight is 206 g/mol. The van der Waals surface area contributed by atoms with Crippen molar-refractivity contribution in [1.82, 2.24) is 0 Å². The highest BCUT2D eigenvalue weighted by Crippen LogP contribution is 2.04. The highest BCUT2D eigenvalue weighted by atomic mass is 19.1. The first-order valence-electron chi connectivity index (χ1n) is 4.21. The minimum absolute atomic E-state index is 0.141. The summed E-state index contributed by atoms with van der Waals surface area (Å²) >= 11 is 0. The quantitative estimate of drug-likeness (QED) is 0.481. The first-order valence-corrected chi connectivity index (χ1v) is 4.21. The molecule has 0 bridgehead atoms. The van der Waals surface area contributed by atoms with E-state index in [1.54, 1.807) is 6.92 Å². The first-order chi connectivity index (χ1) is 6.65. The Morgan fingerprint density at radius 3 is 2.57 bits per heavy atom. The van der Waals surface area contributed by atoms with E-state index in [1.165, 1.54) is 14.2 Å². The number of hydrogen-bond donors (Lipinski definition) is 0. The Morgan fingerprint density at radius 2 is 2.14 bits per heavy atom. The van der Waals surface area contributed by atoms with Gasteiger partial charge in [0.25, 0.3) is 0 Å². The lowest BCUT2D eigenvalue weighted by Gasteiger charge is -2.09. The Kier molecular flexibility index (Phi) is 6.96. The Morgan fingerprint density at radius 1 is 1.50 bits per heavy atom. The zero-order chi connectivity index (χ0) is 11.0. The summed E-state index contributed by atoms with van der Waals surface area (Å²) in [7, 11) is 2.86. The van der Waals surface area contributed by atoms with Crippen molar-refractivity contribution in [2.45, 2.75) is 13.0 Å². The van der Waals surface area contributed by atoms with Gasteiger partial charge in [-0.25, -0.2) is 4.79 Å². The van der Waals surface area contributed by atoms with Crippen molar-refractivity contribution in [2.75, 3.05) is 27.4 Å². The van der Waals surface area contributed by atoms with Gasteiger partial charge in [0.2, 0.25) is 5.83 Å². The molecule has 0 rings (SSSR count). The molecule has 0 aliphatic rings. The van der Waals surface area contributed by atoms with Gasteiger partial charge in [0.05, 0.1) is 13.2 Å². The molecule has 0 aliphatic heterocycles. The molecule has 0 aromatic carbocycles. The largest absolute Gasteiger partial charge is 0.461 e. The minimum Gasteiger partial charge on any atom is -0.461 e. The van der Waals surface area contributed by atoms with Crippen LogP contribution < -0.4 is 0 Å². The van der Waals surface area contributed by atoms with Crippen molar-refractivity contribution < 1.29 is 23.4 Å². The molecule has 0 fully saturated rings. The van der Waals surface area contributed by atoms with E-state index in [0.29, 0.717) is 0 Å². The standard InChI is InChI=1S/C9H15FO4/c1-4-14-9(11)8(10)5-7(13-3)6-12-2/h5,7H,4,6H2,1-3H3/b8-5+. The molecule has 82 valence electrons. The van der Waals surface area contributed by atoms with E-state index < -0.39 is 17.9 Å². The van der Waals surface area contributed by atoms with Crippen molar-refractivity contribution in [3.63, 3.8) is 0 Å². The average Bonchev–Trinajstić information content (AvgIpc) is 2.17. The van der Waals surface area contributed by atoms with Gasteiger partial charge in [-0.15, -0.1) is 0 Å². The Balaban J connectivity index is 4.23. The zero-order valence-electron chi connectivity index (χ0n) is 8.58. The summed E-state index contributed by atoms with van der Waals surface area (Å²) < 4.78 is 27.0. The van der Waals surface area contributed by atoms with Crippen LogP contribution in [0.1, 0.15) is 6.92 Å². The maximum Gasteiger partial charge on any atom is 0.366 e. The molecular formula is C9H15FO4. The van der Waals surface area contributed by atoms with E-state index in [1.807, 2.05) is 0 Å². The van der Waals surface area contributed by atoms with E-state index in [9.17, 15) is 9.18 Å². The Hall–Kier alpha value is -0.940. The molecule has 4 nitrogen and oxygen atoms in total. The highest BCUT2D eigenvalue weighted by molar-refractivity contribution is 5.85. The number of hydrogen-bond acceptors (Lipinski definition) is 4. The molecule has 0 aliphatic carbocycles. The van der Waals surface area contributed by atoms with Crippen LogP contribution in [0.25, 0.3) is 0 Å². The number of halogens is 1. The second-order valence-corrected chi connectivity index (χ2v) is 2.46. The fourth-order valence-electron chi connectivity index (χ4n) is 0.780. The van der Waals surface area contributed by atoms with Crippen molar-refractivity contribution in [3.05, 3.63) is 11.9 Å². The van der Waals surface area contributed by atoms with Crippen LogP contribution in [0.2, 0.25) is 0 Å². The fourth-order valence-corrected chi connectivity index (χ4v) is 0.780. The van der Waals surface area contributed by atoms with E-state index in [0.717, 1.165) is 6.08 Å². The summed E-state index contributed by atoms with van der Waals surface area (Å²) in [6, 6.07) is 0. The third kappa shape index (κ3) is 4.94. The van der Waals surface area contributed by atoms with Crippen molar-refractivity contribution in [3.8, 4) is 0 Å². The summed E-state index contributed by atoms with van der Waals surface area (Å²) in [5.74, 6) is -1.94. The number of carbonyl (C=O) groups is 1. The molecule has 0 heterocycles. The molecule has 0 aromatic heterocycles. The number of carbonyl (C=O) groups excluding carboxylic acids is 1. The third-order valence-electron chi connectivity index (χ3n) is 1.44. The van der Waals surface area contributed by atoms with Crippen LogP contribution in [0.15, 0.2) is 11.9 Å². The first kappa shape index (κ1) is 13.1. The molecule has 0 spiro atoms. The maximum atomic E-state index is 13.0. The lowest BCUT2D eigenvalue weighted by atomic mass is 10.3. The molecule has 1 atom stereocenters. The lowest BCUT2D eigenvalue weighted by Crippen LogP contribution is -2.16. The van der Waals surface area contributed by atoms with Crippen LogP contribution in [0.5, 0.6) is 0 Å². The molecular weight excluding hydrogens is 191 g/mol. The molecule has 0 amide bonds. The van der Waals surface area contributed by atoms with Crippen molar-refractivity contribution >= 4 is 5.97 Å². The summed E-state index contributed by atoms with van der Waals surface area (Å²) in [5.41, 5.74) is 0. The van der Waals surface area contributed by atoms with Gasteiger partial charge in [-0.2, -0.15) is 4.39 Å². The maximum absolute atomic E-state index is 13.0. The van der Waals surface area contributed by atoms with E-state index in [2.05, 4.69) is 4.74 Å². The van der Waals surface area contributed by atoms with Gasteiger partial charge in [0, 0.05) is 14.2 Å². The van der Waals surface area contributed by atoms with Crippen LogP contribution in [0, 0.1) is 0 Å². The van der Waals surface area contributed by atoms with Gasteiger partial charge in [-0.3, -0.25) is 0 Å². The van der Waals surface area contributed by atoms with Gasteiger partial charge in [-0.05, 0) is 13.0 Å². The summed E-state index contributed by atoms with van der Waals surface area (Å²) in [5, 5.41) is 0. The summed E-state index contributed by atoms with van der Waals surface area (Å²) in [6.45, 7) is 1.93. The van der Waals surface area contributed by atoms with E-state index in [-0.39, 0.29) is 13.2 Å². The molecule has 0 aromatic rings. The van der Waals surface area contributed by atoms with Crippen LogP contribution in [-0.4, -0.2) is 39.5 Å². The van der Waals surface area contributed by atoms with E-state index in [4.69, 9.17) is 9.47 Å². The number of ether oxygens (including phenoxy) is 3. The molecule has 0 N–H and O–H groups in total. The molecule has 5 heteroatoms. The minimum atomic E-state index is -0.981. The smallest absolute Gasteiger partial charge is 0.366 e. The lowest BCUT2D eigenvalue weighted by molar-refractivity contribution is -0.140. The molecule has 0 radical (unpaired) electrons. The predicted molar refractivity (Wildman–Crippen MR) is 48.5 cm³/mol. The van der Waals surface area contributed by atoms with Crippen LogP contribution >= 0.6 is 0 Å². The normalized spacial score (nSPS) is 13.9. The summed E-state index contributed by atoms with van der Waals surface area (Å²) in [4.78, 5) is 10.8. The second-order valence-electron chi connectivity index (χ2n) is 2.46. The fraction of sp³-hybridized carbons (Fsp3) is 0.667. The monoisotopic (exact) mass is 206 g/mol. The molecule has 14 heavy (non-hydrogen) atoms. The van der Waals surface area contributed by atoms with Gasteiger partial charge in [0.15, 0.2) is 0 Å². The highest BCUT2D eigenvalue weighted by Gasteiger charge is 2.13. The van der Waals surface area contributed by atoms with Crippen LogP contribution in [0.4, 0.5) is 4.39 Å². The third-order valence-corrected chi connectivity index (χ3v) is 1.44. The molecule has 1 unspecified atom stereocenters. The van der Waals surface area contributed by atoms with Crippen LogP contribution in [0.3, 0.4) is 0 Å². The zero-order valence-corrected chi connectivity index (χ0v) is 8.58. The topological polar surface area (TPSA) is 44.8 Å². The number of rotatable bonds is 6. The van der Waals surface area contributed by atoms with Gasteiger partial charge in [0.1, 0.15) is 6.10 Å². The Bertz CT molecular complexity index is 203. The SMILES string of the molecule is CCOC(=O)/C(F)=C\C(COC)OC. The summed E-state index contributed by atoms with van der Waals surface area (Å²) in [6.07, 6.45) is 0.450. The number of esters is 1. The number of methoxy groups -OCH3 is 2. The molecule has 0 saturated heterocycles. The second kappa shape index (κ2) is 7.46. The van der Waals surface area contributed by atoms with Gasteiger partial charge in [-0.1, -0.05) is 0 Å². The van der Waals surface area contributed by atoms with Crippen molar-refractivity contribution in [1.29, 1.82) is 0 Å². The van der Waals surface area contributed by atoms with E-state index >= 15 is 0 Å². The van der Waals surface area contributed by atoms with Gasteiger partial charge < -0.3 is 14.2 Å².